The summed E-state index contributed by atoms with van der Waals surface area (Å²) in [6, 6.07) is 6.59. The first kappa shape index (κ1) is 16.3. The fourth-order valence-corrected chi connectivity index (χ4v) is 2.17. The maximum absolute atomic E-state index is 13.0. The molecule has 0 aromatic heterocycles. The van der Waals surface area contributed by atoms with Gasteiger partial charge >= 0.3 is 0 Å². The zero-order valence-corrected chi connectivity index (χ0v) is 13.0. The zero-order valence-electron chi connectivity index (χ0n) is 13.0. The Morgan fingerprint density at radius 1 is 1.36 bits per heavy atom. The molecule has 6 heteroatoms. The van der Waals surface area contributed by atoms with Crippen molar-refractivity contribution in [3.63, 3.8) is 0 Å². The first-order valence-corrected chi connectivity index (χ1v) is 7.57. The quantitative estimate of drug-likeness (QED) is 0.418. The van der Waals surface area contributed by atoms with E-state index in [-0.39, 0.29) is 18.1 Å². The number of nitrogens with one attached hydrogen (secondary N) is 3. The average molecular weight is 306 g/mol. The first-order valence-electron chi connectivity index (χ1n) is 7.57. The Hall–Kier alpha value is -2.11. The van der Waals surface area contributed by atoms with Gasteiger partial charge in [0.15, 0.2) is 5.96 Å². The molecular weight excluding hydrogens is 283 g/mol. The summed E-state index contributed by atoms with van der Waals surface area (Å²) in [5.41, 5.74) is 0.672. The lowest BCUT2D eigenvalue weighted by atomic mass is 10.1. The second-order valence-corrected chi connectivity index (χ2v) is 5.62. The summed E-state index contributed by atoms with van der Waals surface area (Å²) < 4.78 is 13.0. The van der Waals surface area contributed by atoms with Crippen molar-refractivity contribution in [3.05, 3.63) is 35.6 Å². The number of guanidine groups is 1. The summed E-state index contributed by atoms with van der Waals surface area (Å²) in [5.74, 6) is 1.01. The van der Waals surface area contributed by atoms with Gasteiger partial charge in [-0.3, -0.25) is 9.79 Å². The van der Waals surface area contributed by atoms with Gasteiger partial charge in [0.2, 0.25) is 5.91 Å². The van der Waals surface area contributed by atoms with Gasteiger partial charge in [0.1, 0.15) is 5.82 Å². The van der Waals surface area contributed by atoms with E-state index in [0.717, 1.165) is 5.96 Å². The summed E-state index contributed by atoms with van der Waals surface area (Å²) in [4.78, 5) is 15.9. The molecule has 0 aliphatic heterocycles. The maximum Gasteiger partial charge on any atom is 0.224 e. The Labute approximate surface area is 130 Å². The van der Waals surface area contributed by atoms with Crippen LogP contribution in [0.15, 0.2) is 29.3 Å². The second-order valence-electron chi connectivity index (χ2n) is 5.62. The minimum atomic E-state index is -0.323. The predicted molar refractivity (Wildman–Crippen MR) is 85.2 cm³/mol. The van der Waals surface area contributed by atoms with Crippen molar-refractivity contribution in [2.45, 2.75) is 25.8 Å². The highest BCUT2D eigenvalue weighted by Crippen LogP contribution is 2.28. The normalized spacial score (nSPS) is 20.4. The maximum atomic E-state index is 13.0. The molecule has 2 unspecified atom stereocenters. The first-order chi connectivity index (χ1) is 10.6. The highest BCUT2D eigenvalue weighted by atomic mass is 19.1. The van der Waals surface area contributed by atoms with E-state index in [1.54, 1.807) is 19.2 Å². The molecule has 0 heterocycles. The summed E-state index contributed by atoms with van der Waals surface area (Å²) in [7, 11) is 1.73. The van der Waals surface area contributed by atoms with Crippen LogP contribution in [0, 0.1) is 11.7 Å². The third kappa shape index (κ3) is 5.35. The van der Waals surface area contributed by atoms with E-state index >= 15 is 0 Å². The molecule has 3 N–H and O–H groups in total. The molecular formula is C16H23FN4O. The number of carbonyl (C=O) groups excluding carboxylic acids is 1. The number of hydrogen-bond donors (Lipinski definition) is 3. The van der Waals surface area contributed by atoms with Gasteiger partial charge in [-0.25, -0.2) is 4.39 Å². The zero-order chi connectivity index (χ0) is 15.9. The van der Waals surface area contributed by atoms with Gasteiger partial charge in [0.25, 0.3) is 0 Å². The SMILES string of the molecule is CN=C(NCCNC(=O)Cc1cccc(F)c1)NC1CC1C. The summed E-state index contributed by atoms with van der Waals surface area (Å²) >= 11 is 0. The fraction of sp³-hybridized carbons (Fsp3) is 0.500. The largest absolute Gasteiger partial charge is 0.355 e. The number of rotatable bonds is 6. The van der Waals surface area contributed by atoms with E-state index in [1.165, 1.54) is 18.6 Å². The highest BCUT2D eigenvalue weighted by molar-refractivity contribution is 5.80. The summed E-state index contributed by atoms with van der Waals surface area (Å²) in [6.07, 6.45) is 1.36. The Kier molecular flexibility index (Phi) is 5.75. The van der Waals surface area contributed by atoms with E-state index in [1.807, 2.05) is 0 Å². The standard InChI is InChI=1S/C16H23FN4O/c1-11-8-14(11)21-16(18-2)20-7-6-19-15(22)10-12-4-3-5-13(17)9-12/h3-5,9,11,14H,6-8,10H2,1-2H3,(H,19,22)(H2,18,20,21). The van der Waals surface area contributed by atoms with Gasteiger partial charge in [0.05, 0.1) is 6.42 Å². The van der Waals surface area contributed by atoms with Crippen LogP contribution in [0.2, 0.25) is 0 Å². The van der Waals surface area contributed by atoms with Gasteiger partial charge < -0.3 is 16.0 Å². The van der Waals surface area contributed by atoms with E-state index in [9.17, 15) is 9.18 Å². The molecule has 1 saturated carbocycles. The molecule has 1 aliphatic rings. The lowest BCUT2D eigenvalue weighted by molar-refractivity contribution is -0.120. The molecule has 0 spiro atoms. The molecule has 1 aromatic rings. The van der Waals surface area contributed by atoms with E-state index in [4.69, 9.17) is 0 Å². The van der Waals surface area contributed by atoms with Crippen LogP contribution in [0.5, 0.6) is 0 Å². The number of nitrogens with zero attached hydrogens (tertiary/aromatic N) is 1. The van der Waals surface area contributed by atoms with Crippen LogP contribution >= 0.6 is 0 Å². The topological polar surface area (TPSA) is 65.5 Å². The molecule has 2 atom stereocenters. The van der Waals surface area contributed by atoms with Gasteiger partial charge in [-0.1, -0.05) is 19.1 Å². The van der Waals surface area contributed by atoms with Crippen LogP contribution in [0.25, 0.3) is 0 Å². The molecule has 1 amide bonds. The Morgan fingerprint density at radius 3 is 2.73 bits per heavy atom. The van der Waals surface area contributed by atoms with Crippen molar-refractivity contribution in [1.29, 1.82) is 0 Å². The number of hydrogen-bond acceptors (Lipinski definition) is 2. The van der Waals surface area contributed by atoms with Crippen molar-refractivity contribution in [1.82, 2.24) is 16.0 Å². The van der Waals surface area contributed by atoms with Crippen LogP contribution in [0.1, 0.15) is 18.9 Å². The Morgan fingerprint density at radius 2 is 2.09 bits per heavy atom. The van der Waals surface area contributed by atoms with Crippen molar-refractivity contribution >= 4 is 11.9 Å². The van der Waals surface area contributed by atoms with Crippen molar-refractivity contribution < 1.29 is 9.18 Å². The highest BCUT2D eigenvalue weighted by Gasteiger charge is 2.33. The smallest absolute Gasteiger partial charge is 0.224 e. The van der Waals surface area contributed by atoms with Crippen molar-refractivity contribution in [2.24, 2.45) is 10.9 Å². The molecule has 5 nitrogen and oxygen atoms in total. The molecule has 120 valence electrons. The number of aliphatic imine (C=N–C) groups is 1. The third-order valence-electron chi connectivity index (χ3n) is 3.65. The van der Waals surface area contributed by atoms with Crippen molar-refractivity contribution in [2.75, 3.05) is 20.1 Å². The lowest BCUT2D eigenvalue weighted by Gasteiger charge is -2.12. The van der Waals surface area contributed by atoms with E-state index < -0.39 is 0 Å². The van der Waals surface area contributed by atoms with Crippen LogP contribution in [0.4, 0.5) is 4.39 Å². The molecule has 22 heavy (non-hydrogen) atoms. The molecule has 1 fully saturated rings. The van der Waals surface area contributed by atoms with Gasteiger partial charge in [-0.05, 0) is 30.0 Å². The fourth-order valence-electron chi connectivity index (χ4n) is 2.17. The number of halogens is 1. The Balaban J connectivity index is 1.62. The minimum Gasteiger partial charge on any atom is -0.355 e. The predicted octanol–water partition coefficient (Wildman–Crippen LogP) is 1.06. The average Bonchev–Trinajstić information content (AvgIpc) is 3.17. The van der Waals surface area contributed by atoms with Gasteiger partial charge in [-0.2, -0.15) is 0 Å². The molecule has 2 rings (SSSR count). The van der Waals surface area contributed by atoms with Crippen LogP contribution in [0.3, 0.4) is 0 Å². The molecule has 0 radical (unpaired) electrons. The van der Waals surface area contributed by atoms with E-state index in [2.05, 4.69) is 27.9 Å². The molecule has 0 bridgehead atoms. The summed E-state index contributed by atoms with van der Waals surface area (Å²) in [5, 5.41) is 9.26. The molecule has 1 aliphatic carbocycles. The monoisotopic (exact) mass is 306 g/mol. The van der Waals surface area contributed by atoms with Gasteiger partial charge in [0, 0.05) is 26.2 Å². The van der Waals surface area contributed by atoms with Crippen LogP contribution in [-0.2, 0) is 11.2 Å². The van der Waals surface area contributed by atoms with E-state index in [0.29, 0.717) is 30.6 Å². The van der Waals surface area contributed by atoms with Crippen LogP contribution < -0.4 is 16.0 Å². The Bertz CT molecular complexity index is 547. The lowest BCUT2D eigenvalue weighted by Crippen LogP contribution is -2.42. The van der Waals surface area contributed by atoms with Crippen LogP contribution in [-0.4, -0.2) is 38.0 Å². The summed E-state index contributed by atoms with van der Waals surface area (Å²) in [6.45, 7) is 3.28. The third-order valence-corrected chi connectivity index (χ3v) is 3.65. The van der Waals surface area contributed by atoms with Gasteiger partial charge in [-0.15, -0.1) is 0 Å². The number of carbonyl (C=O) groups is 1. The minimum absolute atomic E-state index is 0.119. The second kappa shape index (κ2) is 7.77. The van der Waals surface area contributed by atoms with Crippen molar-refractivity contribution in [3.8, 4) is 0 Å². The number of benzene rings is 1. The molecule has 0 saturated heterocycles. The number of amides is 1. The molecule has 1 aromatic carbocycles.